The van der Waals surface area contributed by atoms with Crippen molar-refractivity contribution in [2.24, 2.45) is 0 Å². The summed E-state index contributed by atoms with van der Waals surface area (Å²) in [6, 6.07) is 24.1. The Morgan fingerprint density at radius 2 is 1.47 bits per heavy atom. The highest BCUT2D eigenvalue weighted by atomic mass is 16.5. The van der Waals surface area contributed by atoms with Gasteiger partial charge in [0.1, 0.15) is 12.6 Å². The second-order valence-electron chi connectivity index (χ2n) is 8.25. The lowest BCUT2D eigenvalue weighted by atomic mass is 9.98. The number of amides is 1. The van der Waals surface area contributed by atoms with Crippen LogP contribution in [0.4, 0.5) is 4.79 Å². The molecule has 3 aromatic rings. The number of carboxylic acids is 1. The van der Waals surface area contributed by atoms with Crippen LogP contribution in [0.25, 0.3) is 11.1 Å². The molecule has 176 valence electrons. The van der Waals surface area contributed by atoms with E-state index in [1.807, 2.05) is 78.9 Å². The Morgan fingerprint density at radius 3 is 2.09 bits per heavy atom. The Kier molecular flexibility index (Phi) is 7.57. The Balaban J connectivity index is 1.29. The van der Waals surface area contributed by atoms with Crippen LogP contribution in [0.1, 0.15) is 29.0 Å². The molecule has 0 bridgehead atoms. The number of nitrogens with one attached hydrogen (secondary N) is 1. The molecule has 34 heavy (non-hydrogen) atoms. The van der Waals surface area contributed by atoms with Crippen LogP contribution in [0.15, 0.2) is 78.9 Å². The number of aliphatic hydroxyl groups is 1. The number of carboxylic acid groups (broad SMARTS) is 1. The van der Waals surface area contributed by atoms with Crippen LogP contribution >= 0.6 is 0 Å². The fourth-order valence-corrected chi connectivity index (χ4v) is 4.23. The highest BCUT2D eigenvalue weighted by molar-refractivity contribution is 5.81. The molecule has 2 unspecified atom stereocenters. The van der Waals surface area contributed by atoms with E-state index in [1.165, 1.54) is 0 Å². The van der Waals surface area contributed by atoms with Crippen LogP contribution < -0.4 is 5.32 Å². The molecule has 0 radical (unpaired) electrons. The van der Waals surface area contributed by atoms with E-state index in [0.29, 0.717) is 6.61 Å². The highest BCUT2D eigenvalue weighted by Crippen LogP contribution is 2.44. The van der Waals surface area contributed by atoms with Gasteiger partial charge >= 0.3 is 12.1 Å². The summed E-state index contributed by atoms with van der Waals surface area (Å²) in [5, 5.41) is 22.0. The lowest BCUT2D eigenvalue weighted by Crippen LogP contribution is -2.44. The average molecular weight is 462 g/mol. The summed E-state index contributed by atoms with van der Waals surface area (Å²) in [6.07, 6.45) is -2.10. The number of fused-ring (bicyclic) bond motifs is 3. The average Bonchev–Trinajstić information content (AvgIpc) is 3.17. The molecule has 7 heteroatoms. The predicted molar refractivity (Wildman–Crippen MR) is 126 cm³/mol. The molecule has 4 rings (SSSR count). The van der Waals surface area contributed by atoms with Crippen molar-refractivity contribution in [3.8, 4) is 11.1 Å². The van der Waals surface area contributed by atoms with Gasteiger partial charge in [0.25, 0.3) is 0 Å². The third-order valence-corrected chi connectivity index (χ3v) is 5.86. The van der Waals surface area contributed by atoms with Gasteiger partial charge in [-0.2, -0.15) is 0 Å². The van der Waals surface area contributed by atoms with Crippen LogP contribution in [0.3, 0.4) is 0 Å². The molecule has 1 aliphatic carbocycles. The van der Waals surface area contributed by atoms with Crippen LogP contribution in [-0.2, 0) is 20.9 Å². The molecular formula is C27H27NO6. The molecule has 0 spiro atoms. The number of aliphatic carboxylic acids is 1. The summed E-state index contributed by atoms with van der Waals surface area (Å²) in [4.78, 5) is 24.0. The fourth-order valence-electron chi connectivity index (χ4n) is 4.23. The molecule has 0 saturated carbocycles. The predicted octanol–water partition coefficient (Wildman–Crippen LogP) is 3.95. The minimum absolute atomic E-state index is 0.0506. The van der Waals surface area contributed by atoms with E-state index in [1.54, 1.807) is 0 Å². The van der Waals surface area contributed by atoms with E-state index in [0.717, 1.165) is 27.8 Å². The van der Waals surface area contributed by atoms with Gasteiger partial charge in [-0.05, 0) is 27.8 Å². The molecule has 0 fully saturated rings. The lowest BCUT2D eigenvalue weighted by molar-refractivity contribution is -0.140. The highest BCUT2D eigenvalue weighted by Gasteiger charge is 2.30. The summed E-state index contributed by atoms with van der Waals surface area (Å²) in [5.41, 5.74) is 5.29. The maximum atomic E-state index is 12.4. The number of alkyl carbamates (subject to hydrolysis) is 1. The minimum atomic E-state index is -1.30. The normalized spacial score (nSPS) is 14.0. The number of carbonyl (C=O) groups excluding carboxylic acids is 1. The first-order chi connectivity index (χ1) is 16.5. The van der Waals surface area contributed by atoms with Crippen molar-refractivity contribution in [3.05, 3.63) is 95.6 Å². The van der Waals surface area contributed by atoms with Gasteiger partial charge in [-0.15, -0.1) is 0 Å². The van der Waals surface area contributed by atoms with E-state index >= 15 is 0 Å². The van der Waals surface area contributed by atoms with Crippen molar-refractivity contribution in [1.29, 1.82) is 0 Å². The molecule has 0 aliphatic heterocycles. The molecule has 1 amide bonds. The Bertz CT molecular complexity index is 1090. The van der Waals surface area contributed by atoms with Crippen molar-refractivity contribution in [2.75, 3.05) is 13.2 Å². The summed E-state index contributed by atoms with van der Waals surface area (Å²) in [6.45, 7) is 0.329. The quantitative estimate of drug-likeness (QED) is 0.422. The SMILES string of the molecule is O=C(NC(CC(O)COCc1ccccc1)C(=O)O)OCC1c2ccccc2-c2ccccc21. The molecule has 3 N–H and O–H groups in total. The van der Waals surface area contributed by atoms with Crippen molar-refractivity contribution in [2.45, 2.75) is 31.1 Å². The molecule has 2 atom stereocenters. The number of rotatable bonds is 10. The summed E-state index contributed by atoms with van der Waals surface area (Å²) < 4.78 is 10.9. The van der Waals surface area contributed by atoms with Crippen LogP contribution in [0.5, 0.6) is 0 Å². The minimum Gasteiger partial charge on any atom is -0.480 e. The largest absolute Gasteiger partial charge is 0.480 e. The maximum absolute atomic E-state index is 12.4. The number of benzene rings is 3. The number of aliphatic hydroxyl groups excluding tert-OH is 1. The van der Waals surface area contributed by atoms with Crippen molar-refractivity contribution in [3.63, 3.8) is 0 Å². The van der Waals surface area contributed by atoms with Gasteiger partial charge in [-0.3, -0.25) is 0 Å². The molecule has 1 aliphatic rings. The Labute approximate surface area is 198 Å². The monoisotopic (exact) mass is 461 g/mol. The van der Waals surface area contributed by atoms with E-state index in [2.05, 4.69) is 5.32 Å². The zero-order valence-electron chi connectivity index (χ0n) is 18.6. The Hall–Kier alpha value is -3.68. The van der Waals surface area contributed by atoms with Crippen molar-refractivity contribution in [1.82, 2.24) is 5.32 Å². The van der Waals surface area contributed by atoms with Crippen molar-refractivity contribution < 1.29 is 29.3 Å². The topological polar surface area (TPSA) is 105 Å². The van der Waals surface area contributed by atoms with Crippen LogP contribution in [-0.4, -0.2) is 47.6 Å². The maximum Gasteiger partial charge on any atom is 0.407 e. The Morgan fingerprint density at radius 1 is 0.882 bits per heavy atom. The van der Waals surface area contributed by atoms with E-state index in [9.17, 15) is 19.8 Å². The summed E-state index contributed by atoms with van der Waals surface area (Å²) >= 11 is 0. The smallest absolute Gasteiger partial charge is 0.407 e. The molecular weight excluding hydrogens is 434 g/mol. The number of hydrogen-bond acceptors (Lipinski definition) is 5. The lowest BCUT2D eigenvalue weighted by Gasteiger charge is -2.19. The second kappa shape index (κ2) is 11.0. The van der Waals surface area contributed by atoms with E-state index in [4.69, 9.17) is 9.47 Å². The first-order valence-corrected chi connectivity index (χ1v) is 11.2. The fraction of sp³-hybridized carbons (Fsp3) is 0.259. The van der Waals surface area contributed by atoms with Crippen molar-refractivity contribution >= 4 is 12.1 Å². The zero-order chi connectivity index (χ0) is 23.9. The molecule has 0 heterocycles. The van der Waals surface area contributed by atoms with Crippen LogP contribution in [0.2, 0.25) is 0 Å². The molecule has 0 aromatic heterocycles. The molecule has 3 aromatic carbocycles. The van der Waals surface area contributed by atoms with Gasteiger partial charge in [-0.1, -0.05) is 78.9 Å². The van der Waals surface area contributed by atoms with Gasteiger partial charge < -0.3 is 25.0 Å². The first kappa shape index (κ1) is 23.5. The standard InChI is InChI=1S/C27H27NO6/c29-19(16-33-15-18-8-2-1-3-9-18)14-25(26(30)31)28-27(32)34-17-24-22-12-6-4-10-20(22)21-11-5-7-13-23(21)24/h1-13,19,24-25,29H,14-17H2,(H,28,32)(H,30,31). The van der Waals surface area contributed by atoms with Gasteiger partial charge in [0.05, 0.1) is 19.3 Å². The van der Waals surface area contributed by atoms with Gasteiger partial charge in [-0.25, -0.2) is 9.59 Å². The zero-order valence-corrected chi connectivity index (χ0v) is 18.6. The van der Waals surface area contributed by atoms with Gasteiger partial charge in [0, 0.05) is 12.3 Å². The number of hydrogen-bond donors (Lipinski definition) is 3. The third-order valence-electron chi connectivity index (χ3n) is 5.86. The first-order valence-electron chi connectivity index (χ1n) is 11.2. The van der Waals surface area contributed by atoms with Crippen LogP contribution in [0, 0.1) is 0 Å². The third kappa shape index (κ3) is 5.62. The van der Waals surface area contributed by atoms with E-state index < -0.39 is 24.2 Å². The molecule has 0 saturated heterocycles. The second-order valence-corrected chi connectivity index (χ2v) is 8.25. The van der Waals surface area contributed by atoms with Gasteiger partial charge in [0.2, 0.25) is 0 Å². The molecule has 7 nitrogen and oxygen atoms in total. The van der Waals surface area contributed by atoms with E-state index in [-0.39, 0.29) is 25.6 Å². The number of ether oxygens (including phenoxy) is 2. The summed E-state index contributed by atoms with van der Waals surface area (Å²) in [7, 11) is 0. The number of carbonyl (C=O) groups is 2. The summed E-state index contributed by atoms with van der Waals surface area (Å²) in [5.74, 6) is -1.38. The van der Waals surface area contributed by atoms with Gasteiger partial charge in [0.15, 0.2) is 0 Å².